The van der Waals surface area contributed by atoms with E-state index >= 15 is 0 Å². The third-order valence-electron chi connectivity index (χ3n) is 3.21. The summed E-state index contributed by atoms with van der Waals surface area (Å²) in [7, 11) is 0. The van der Waals surface area contributed by atoms with Crippen LogP contribution >= 0.6 is 15.9 Å². The molecule has 100 valence electrons. The fraction of sp³-hybridized carbons (Fsp3) is 0.385. The predicted octanol–water partition coefficient (Wildman–Crippen LogP) is 2.98. The summed E-state index contributed by atoms with van der Waals surface area (Å²) in [5.74, 6) is 1.39. The molecule has 1 aromatic heterocycles. The van der Waals surface area contributed by atoms with Gasteiger partial charge in [-0.05, 0) is 31.0 Å². The minimum absolute atomic E-state index is 0.225. The number of nitrogen functional groups attached to an aromatic ring is 1. The molecule has 2 aromatic rings. The van der Waals surface area contributed by atoms with Crippen molar-refractivity contribution >= 4 is 21.6 Å². The Bertz CT molecular complexity index is 579. The van der Waals surface area contributed by atoms with Crippen LogP contribution in [0.4, 0.5) is 5.69 Å². The Balaban J connectivity index is 1.87. The lowest BCUT2D eigenvalue weighted by Crippen LogP contribution is -2.16. The second kappa shape index (κ2) is 5.30. The molecule has 0 amide bonds. The first-order chi connectivity index (χ1) is 9.24. The van der Waals surface area contributed by atoms with Crippen molar-refractivity contribution in [1.82, 2.24) is 10.1 Å². The van der Waals surface area contributed by atoms with Gasteiger partial charge in [-0.2, -0.15) is 4.98 Å². The van der Waals surface area contributed by atoms with E-state index in [1.165, 1.54) is 0 Å². The highest BCUT2D eigenvalue weighted by Gasteiger charge is 2.22. The van der Waals surface area contributed by atoms with Gasteiger partial charge in [0, 0.05) is 22.7 Å². The number of hydrogen-bond acceptors (Lipinski definition) is 5. The van der Waals surface area contributed by atoms with Crippen LogP contribution in [0.5, 0.6) is 0 Å². The lowest BCUT2D eigenvalue weighted by atomic mass is 10.0. The molecule has 5 nitrogen and oxygen atoms in total. The number of rotatable bonds is 2. The van der Waals surface area contributed by atoms with Gasteiger partial charge in [0.2, 0.25) is 0 Å². The molecule has 0 saturated carbocycles. The van der Waals surface area contributed by atoms with Crippen LogP contribution in [-0.2, 0) is 4.74 Å². The van der Waals surface area contributed by atoms with E-state index in [1.807, 2.05) is 18.2 Å². The first kappa shape index (κ1) is 12.6. The number of benzene rings is 1. The molecule has 0 radical (unpaired) electrons. The van der Waals surface area contributed by atoms with Crippen LogP contribution in [0.3, 0.4) is 0 Å². The zero-order valence-corrected chi connectivity index (χ0v) is 11.9. The van der Waals surface area contributed by atoms with Crippen LogP contribution in [-0.4, -0.2) is 23.4 Å². The van der Waals surface area contributed by atoms with Crippen LogP contribution in [0.25, 0.3) is 11.5 Å². The Kier molecular flexibility index (Phi) is 3.52. The van der Waals surface area contributed by atoms with Gasteiger partial charge in [-0.1, -0.05) is 21.1 Å². The number of ether oxygens (including phenoxy) is 1. The van der Waals surface area contributed by atoms with E-state index in [-0.39, 0.29) is 5.92 Å². The van der Waals surface area contributed by atoms with Gasteiger partial charge in [-0.25, -0.2) is 0 Å². The molecule has 1 unspecified atom stereocenters. The normalized spacial score (nSPS) is 19.5. The van der Waals surface area contributed by atoms with Crippen molar-refractivity contribution in [2.75, 3.05) is 18.9 Å². The molecule has 1 aliphatic rings. The average molecular weight is 324 g/mol. The molecule has 0 spiro atoms. The average Bonchev–Trinajstić information content (AvgIpc) is 2.89. The molecule has 3 rings (SSSR count). The molecule has 1 atom stereocenters. The minimum Gasteiger partial charge on any atom is -0.398 e. The highest BCUT2D eigenvalue weighted by Crippen LogP contribution is 2.30. The van der Waals surface area contributed by atoms with E-state index in [4.69, 9.17) is 15.0 Å². The second-order valence-electron chi connectivity index (χ2n) is 4.60. The lowest BCUT2D eigenvalue weighted by Gasteiger charge is -2.18. The van der Waals surface area contributed by atoms with Crippen LogP contribution in [0.15, 0.2) is 27.2 Å². The van der Waals surface area contributed by atoms with Crippen molar-refractivity contribution in [3.8, 4) is 11.5 Å². The summed E-state index contributed by atoms with van der Waals surface area (Å²) in [6.07, 6.45) is 2.07. The highest BCUT2D eigenvalue weighted by atomic mass is 79.9. The first-order valence-electron chi connectivity index (χ1n) is 6.21. The Morgan fingerprint density at radius 1 is 1.37 bits per heavy atom. The van der Waals surface area contributed by atoms with Gasteiger partial charge in [0.15, 0.2) is 5.82 Å². The van der Waals surface area contributed by atoms with Crippen LogP contribution < -0.4 is 5.73 Å². The van der Waals surface area contributed by atoms with Crippen molar-refractivity contribution in [3.63, 3.8) is 0 Å². The standard InChI is InChI=1S/C13H14BrN3O2/c14-9-3-4-10(11(15)6-9)13-16-12(17-19-13)8-2-1-5-18-7-8/h3-4,6,8H,1-2,5,7,15H2. The van der Waals surface area contributed by atoms with E-state index in [9.17, 15) is 0 Å². The monoisotopic (exact) mass is 323 g/mol. The zero-order valence-electron chi connectivity index (χ0n) is 10.3. The van der Waals surface area contributed by atoms with E-state index < -0.39 is 0 Å². The van der Waals surface area contributed by atoms with Crippen LogP contribution in [0.1, 0.15) is 24.6 Å². The van der Waals surface area contributed by atoms with Gasteiger partial charge in [0.25, 0.3) is 5.89 Å². The van der Waals surface area contributed by atoms with Crippen molar-refractivity contribution < 1.29 is 9.26 Å². The fourth-order valence-electron chi connectivity index (χ4n) is 2.18. The molecule has 0 bridgehead atoms. The Labute approximate surface area is 119 Å². The SMILES string of the molecule is Nc1cc(Br)ccc1-c1nc(C2CCCOC2)no1. The van der Waals surface area contributed by atoms with E-state index in [0.29, 0.717) is 24.0 Å². The molecular weight excluding hydrogens is 310 g/mol. The summed E-state index contributed by atoms with van der Waals surface area (Å²) < 4.78 is 11.7. The summed E-state index contributed by atoms with van der Waals surface area (Å²) in [6.45, 7) is 1.48. The molecule has 1 fully saturated rings. The van der Waals surface area contributed by atoms with Crippen molar-refractivity contribution in [2.24, 2.45) is 0 Å². The molecule has 2 N–H and O–H groups in total. The summed E-state index contributed by atoms with van der Waals surface area (Å²) >= 11 is 3.37. The fourth-order valence-corrected chi connectivity index (χ4v) is 2.56. The van der Waals surface area contributed by atoms with Gasteiger partial charge in [0.1, 0.15) is 0 Å². The third-order valence-corrected chi connectivity index (χ3v) is 3.70. The van der Waals surface area contributed by atoms with E-state index in [0.717, 1.165) is 29.5 Å². The molecule has 0 aliphatic carbocycles. The van der Waals surface area contributed by atoms with Gasteiger partial charge in [-0.15, -0.1) is 0 Å². The molecule has 1 saturated heterocycles. The van der Waals surface area contributed by atoms with Gasteiger partial charge in [0.05, 0.1) is 12.2 Å². The maximum atomic E-state index is 5.96. The quantitative estimate of drug-likeness (QED) is 0.860. The molecule has 19 heavy (non-hydrogen) atoms. The summed E-state index contributed by atoms with van der Waals surface area (Å²) in [5.41, 5.74) is 7.34. The molecule has 6 heteroatoms. The first-order valence-corrected chi connectivity index (χ1v) is 7.00. The topological polar surface area (TPSA) is 74.2 Å². The molecular formula is C13H14BrN3O2. The summed E-state index contributed by atoms with van der Waals surface area (Å²) in [6, 6.07) is 5.59. The van der Waals surface area contributed by atoms with E-state index in [1.54, 1.807) is 0 Å². The molecule has 1 aromatic carbocycles. The minimum atomic E-state index is 0.225. The zero-order chi connectivity index (χ0) is 13.2. The molecule has 2 heterocycles. The number of nitrogens with two attached hydrogens (primary N) is 1. The van der Waals surface area contributed by atoms with E-state index in [2.05, 4.69) is 26.1 Å². The highest BCUT2D eigenvalue weighted by molar-refractivity contribution is 9.10. The van der Waals surface area contributed by atoms with Crippen LogP contribution in [0.2, 0.25) is 0 Å². The van der Waals surface area contributed by atoms with Gasteiger partial charge >= 0.3 is 0 Å². The van der Waals surface area contributed by atoms with Crippen molar-refractivity contribution in [1.29, 1.82) is 0 Å². The Morgan fingerprint density at radius 2 is 2.26 bits per heavy atom. The number of aromatic nitrogens is 2. The lowest BCUT2D eigenvalue weighted by molar-refractivity contribution is 0.0773. The van der Waals surface area contributed by atoms with Gasteiger partial charge < -0.3 is 15.0 Å². The van der Waals surface area contributed by atoms with Crippen molar-refractivity contribution in [2.45, 2.75) is 18.8 Å². The number of hydrogen-bond donors (Lipinski definition) is 1. The molecule has 1 aliphatic heterocycles. The number of halogens is 1. The third kappa shape index (κ3) is 2.64. The van der Waals surface area contributed by atoms with Crippen LogP contribution in [0, 0.1) is 0 Å². The largest absolute Gasteiger partial charge is 0.398 e. The smallest absolute Gasteiger partial charge is 0.260 e. The number of anilines is 1. The Morgan fingerprint density at radius 3 is 3.00 bits per heavy atom. The Hall–Kier alpha value is -1.40. The number of nitrogens with zero attached hydrogens (tertiary/aromatic N) is 2. The predicted molar refractivity (Wildman–Crippen MR) is 74.6 cm³/mol. The van der Waals surface area contributed by atoms with Crippen molar-refractivity contribution in [3.05, 3.63) is 28.5 Å². The maximum absolute atomic E-state index is 5.96. The second-order valence-corrected chi connectivity index (χ2v) is 5.52. The van der Waals surface area contributed by atoms with Gasteiger partial charge in [-0.3, -0.25) is 0 Å². The summed E-state index contributed by atoms with van der Waals surface area (Å²) in [4.78, 5) is 4.44. The summed E-state index contributed by atoms with van der Waals surface area (Å²) in [5, 5.41) is 4.05. The maximum Gasteiger partial charge on any atom is 0.260 e.